The Bertz CT molecular complexity index is 681. The number of benzene rings is 1. The van der Waals surface area contributed by atoms with Crippen molar-refractivity contribution in [3.8, 4) is 11.5 Å². The number of hydrogen-bond donors (Lipinski definition) is 2. The molecule has 0 bridgehead atoms. The summed E-state index contributed by atoms with van der Waals surface area (Å²) in [5.41, 5.74) is 7.51. The molecule has 0 spiro atoms. The molecule has 1 heterocycles. The van der Waals surface area contributed by atoms with Gasteiger partial charge in [-0.15, -0.1) is 12.4 Å². The fourth-order valence-corrected chi connectivity index (χ4v) is 2.14. The minimum Gasteiger partial charge on any atom is -0.493 e. The van der Waals surface area contributed by atoms with Gasteiger partial charge in [0.2, 0.25) is 5.91 Å². The van der Waals surface area contributed by atoms with Gasteiger partial charge in [-0.1, -0.05) is 6.07 Å². The summed E-state index contributed by atoms with van der Waals surface area (Å²) in [5.74, 6) is 1.06. The molecule has 2 rings (SSSR count). The van der Waals surface area contributed by atoms with Crippen LogP contribution in [0.3, 0.4) is 0 Å². The number of nitrogens with one attached hydrogen (secondary N) is 1. The molecular weight excluding hydrogens is 342 g/mol. The van der Waals surface area contributed by atoms with Crippen molar-refractivity contribution in [3.63, 3.8) is 0 Å². The second-order valence-corrected chi connectivity index (χ2v) is 5.57. The number of rotatable bonds is 7. The lowest BCUT2D eigenvalue weighted by Crippen LogP contribution is -2.39. The van der Waals surface area contributed by atoms with E-state index in [1.54, 1.807) is 26.4 Å². The molecule has 2 aromatic rings. The Kier molecular flexibility index (Phi) is 8.18. The van der Waals surface area contributed by atoms with E-state index < -0.39 is 6.04 Å². The van der Waals surface area contributed by atoms with Crippen molar-refractivity contribution in [2.24, 2.45) is 5.73 Å². The number of ether oxygens (including phenoxy) is 2. The number of nitrogens with two attached hydrogens (primary N) is 1. The van der Waals surface area contributed by atoms with Crippen LogP contribution in [0.2, 0.25) is 0 Å². The first kappa shape index (κ1) is 20.7. The number of hydrogen-bond acceptors (Lipinski definition) is 5. The van der Waals surface area contributed by atoms with E-state index in [-0.39, 0.29) is 24.4 Å². The molecule has 6 nitrogen and oxygen atoms in total. The maximum atomic E-state index is 11.7. The van der Waals surface area contributed by atoms with Crippen LogP contribution >= 0.6 is 12.4 Å². The zero-order chi connectivity index (χ0) is 17.5. The second-order valence-electron chi connectivity index (χ2n) is 5.57. The van der Waals surface area contributed by atoms with Gasteiger partial charge in [0.15, 0.2) is 11.5 Å². The molecular formula is C18H24ClN3O3. The first-order chi connectivity index (χ1) is 11.5. The number of halogens is 1. The molecule has 2 atom stereocenters. The highest BCUT2D eigenvalue weighted by atomic mass is 35.5. The molecule has 0 aliphatic heterocycles. The minimum absolute atomic E-state index is 0. The van der Waals surface area contributed by atoms with E-state index in [1.165, 1.54) is 0 Å². The molecule has 0 fully saturated rings. The maximum absolute atomic E-state index is 11.7. The second kappa shape index (κ2) is 9.86. The van der Waals surface area contributed by atoms with E-state index in [0.717, 1.165) is 11.1 Å². The summed E-state index contributed by atoms with van der Waals surface area (Å²) in [5, 5.41) is 2.86. The molecule has 0 aliphatic carbocycles. The van der Waals surface area contributed by atoms with Gasteiger partial charge in [0.05, 0.1) is 19.2 Å². The Morgan fingerprint density at radius 1 is 1.20 bits per heavy atom. The van der Waals surface area contributed by atoms with Gasteiger partial charge in [-0.3, -0.25) is 9.78 Å². The van der Waals surface area contributed by atoms with E-state index in [1.807, 2.05) is 37.3 Å². The van der Waals surface area contributed by atoms with Crippen molar-refractivity contribution >= 4 is 18.3 Å². The standard InChI is InChI=1S/C18H23N3O3.ClH/c1-12(19)18(22)21-13(2)15-4-5-16(17(10-15)23-3)24-11-14-6-8-20-9-7-14;/h4-10,12-13H,11,19H2,1-3H3,(H,21,22);1H. The number of aromatic nitrogens is 1. The van der Waals surface area contributed by atoms with E-state index in [2.05, 4.69) is 10.3 Å². The summed E-state index contributed by atoms with van der Waals surface area (Å²) in [6.07, 6.45) is 3.45. The summed E-state index contributed by atoms with van der Waals surface area (Å²) in [4.78, 5) is 15.7. The third-order valence-electron chi connectivity index (χ3n) is 3.60. The van der Waals surface area contributed by atoms with Gasteiger partial charge in [-0.05, 0) is 49.2 Å². The fourth-order valence-electron chi connectivity index (χ4n) is 2.14. The highest BCUT2D eigenvalue weighted by Gasteiger charge is 2.15. The van der Waals surface area contributed by atoms with Gasteiger partial charge in [0.1, 0.15) is 6.61 Å². The molecule has 7 heteroatoms. The van der Waals surface area contributed by atoms with Crippen LogP contribution in [0, 0.1) is 0 Å². The Hall–Kier alpha value is -2.31. The molecule has 136 valence electrons. The topological polar surface area (TPSA) is 86.5 Å². The van der Waals surface area contributed by atoms with Gasteiger partial charge in [0.25, 0.3) is 0 Å². The third-order valence-corrected chi connectivity index (χ3v) is 3.60. The molecule has 3 N–H and O–H groups in total. The van der Waals surface area contributed by atoms with Crippen LogP contribution in [0.15, 0.2) is 42.7 Å². The SMILES string of the molecule is COc1cc(C(C)NC(=O)C(C)N)ccc1OCc1ccncc1.Cl. The van der Waals surface area contributed by atoms with Crippen molar-refractivity contribution in [3.05, 3.63) is 53.9 Å². The van der Waals surface area contributed by atoms with Crippen LogP contribution in [0.5, 0.6) is 11.5 Å². The molecule has 1 amide bonds. The predicted molar refractivity (Wildman–Crippen MR) is 99.0 cm³/mol. The summed E-state index contributed by atoms with van der Waals surface area (Å²) >= 11 is 0. The Labute approximate surface area is 154 Å². The number of carbonyl (C=O) groups is 1. The summed E-state index contributed by atoms with van der Waals surface area (Å²) in [6.45, 7) is 3.97. The Morgan fingerprint density at radius 2 is 1.88 bits per heavy atom. The largest absolute Gasteiger partial charge is 0.493 e. The lowest BCUT2D eigenvalue weighted by molar-refractivity contribution is -0.122. The number of amides is 1. The Balaban J connectivity index is 0.00000312. The molecule has 1 aromatic heterocycles. The average molecular weight is 366 g/mol. The van der Waals surface area contributed by atoms with Crippen LogP contribution in [-0.2, 0) is 11.4 Å². The monoisotopic (exact) mass is 365 g/mol. The van der Waals surface area contributed by atoms with Crippen molar-refractivity contribution in [2.75, 3.05) is 7.11 Å². The van der Waals surface area contributed by atoms with Crippen LogP contribution in [-0.4, -0.2) is 24.0 Å². The lowest BCUT2D eigenvalue weighted by atomic mass is 10.1. The summed E-state index contributed by atoms with van der Waals surface area (Å²) in [7, 11) is 1.59. The molecule has 1 aromatic carbocycles. The minimum atomic E-state index is -0.544. The molecule has 0 aliphatic rings. The fraction of sp³-hybridized carbons (Fsp3) is 0.333. The first-order valence-corrected chi connectivity index (χ1v) is 7.77. The van der Waals surface area contributed by atoms with E-state index in [4.69, 9.17) is 15.2 Å². The highest BCUT2D eigenvalue weighted by molar-refractivity contribution is 5.85. The summed E-state index contributed by atoms with van der Waals surface area (Å²) < 4.78 is 11.2. The smallest absolute Gasteiger partial charge is 0.237 e. The summed E-state index contributed by atoms with van der Waals surface area (Å²) in [6, 6.07) is 8.66. The zero-order valence-corrected chi connectivity index (χ0v) is 15.4. The van der Waals surface area contributed by atoms with Gasteiger partial charge >= 0.3 is 0 Å². The normalized spacial score (nSPS) is 12.5. The average Bonchev–Trinajstić information content (AvgIpc) is 2.60. The number of carbonyl (C=O) groups excluding carboxylic acids is 1. The molecule has 0 saturated heterocycles. The van der Waals surface area contributed by atoms with Crippen LogP contribution < -0.4 is 20.5 Å². The van der Waals surface area contributed by atoms with Crippen molar-refractivity contribution in [1.29, 1.82) is 0 Å². The maximum Gasteiger partial charge on any atom is 0.237 e. The lowest BCUT2D eigenvalue weighted by Gasteiger charge is -2.18. The first-order valence-electron chi connectivity index (χ1n) is 7.77. The van der Waals surface area contributed by atoms with E-state index in [0.29, 0.717) is 18.1 Å². The number of pyridine rings is 1. The number of nitrogens with zero attached hydrogens (tertiary/aromatic N) is 1. The van der Waals surface area contributed by atoms with E-state index >= 15 is 0 Å². The highest BCUT2D eigenvalue weighted by Crippen LogP contribution is 2.31. The third kappa shape index (κ3) is 5.92. The van der Waals surface area contributed by atoms with Crippen molar-refractivity contribution < 1.29 is 14.3 Å². The van der Waals surface area contributed by atoms with Crippen LogP contribution in [0.1, 0.15) is 31.0 Å². The zero-order valence-electron chi connectivity index (χ0n) is 14.6. The van der Waals surface area contributed by atoms with Crippen LogP contribution in [0.25, 0.3) is 0 Å². The predicted octanol–water partition coefficient (Wildman–Crippen LogP) is 2.62. The van der Waals surface area contributed by atoms with Gasteiger partial charge in [-0.2, -0.15) is 0 Å². The molecule has 0 saturated carbocycles. The quantitative estimate of drug-likeness (QED) is 0.787. The van der Waals surface area contributed by atoms with E-state index in [9.17, 15) is 4.79 Å². The molecule has 0 radical (unpaired) electrons. The molecule has 25 heavy (non-hydrogen) atoms. The van der Waals surface area contributed by atoms with Gasteiger partial charge in [0, 0.05) is 12.4 Å². The van der Waals surface area contributed by atoms with Crippen molar-refractivity contribution in [1.82, 2.24) is 10.3 Å². The van der Waals surface area contributed by atoms with Gasteiger partial charge in [-0.25, -0.2) is 0 Å². The Morgan fingerprint density at radius 3 is 2.48 bits per heavy atom. The number of methoxy groups -OCH3 is 1. The van der Waals surface area contributed by atoms with Crippen LogP contribution in [0.4, 0.5) is 0 Å². The van der Waals surface area contributed by atoms with Gasteiger partial charge < -0.3 is 20.5 Å². The van der Waals surface area contributed by atoms with Crippen molar-refractivity contribution in [2.45, 2.75) is 32.5 Å². The molecule has 2 unspecified atom stereocenters.